The molecule has 3 aromatic rings. The number of benzene rings is 1. The molecule has 7 heteroatoms. The van der Waals surface area contributed by atoms with Crippen molar-refractivity contribution < 1.29 is 9.53 Å². The van der Waals surface area contributed by atoms with E-state index in [0.29, 0.717) is 28.0 Å². The number of aromatic nitrogens is 4. The van der Waals surface area contributed by atoms with Gasteiger partial charge >= 0.3 is 5.97 Å². The third-order valence-electron chi connectivity index (χ3n) is 3.76. The number of fused-ring (bicyclic) bond motifs is 1. The first-order chi connectivity index (χ1) is 11.0. The predicted molar refractivity (Wildman–Crippen MR) is 84.1 cm³/mol. The van der Waals surface area contributed by atoms with Gasteiger partial charge in [-0.15, -0.1) is 0 Å². The van der Waals surface area contributed by atoms with Gasteiger partial charge in [-0.3, -0.25) is 9.48 Å². The first-order valence-electron chi connectivity index (χ1n) is 7.16. The lowest BCUT2D eigenvalue weighted by Gasteiger charge is -2.12. The van der Waals surface area contributed by atoms with E-state index in [9.17, 15) is 9.59 Å². The van der Waals surface area contributed by atoms with Gasteiger partial charge in [0, 0.05) is 12.7 Å². The van der Waals surface area contributed by atoms with Crippen LogP contribution in [0.4, 0.5) is 0 Å². The third kappa shape index (κ3) is 2.73. The number of ether oxygens (including phenoxy) is 1. The standard InChI is InChI=1S/C16H16N4O3/c1-9-12(8-17-20(9)3)16(22)23-10(2)14-18-13-7-5-4-6-11(13)15(21)19-14/h4-8,10H,1-3H3,(H,18,19,21)/t10-/m0/s1. The molecule has 0 radical (unpaired) electrons. The minimum Gasteiger partial charge on any atom is -0.451 e. The smallest absolute Gasteiger partial charge is 0.342 e. The average Bonchev–Trinajstić information content (AvgIpc) is 2.87. The van der Waals surface area contributed by atoms with E-state index in [-0.39, 0.29) is 5.56 Å². The highest BCUT2D eigenvalue weighted by Crippen LogP contribution is 2.17. The summed E-state index contributed by atoms with van der Waals surface area (Å²) in [6, 6.07) is 7.01. The van der Waals surface area contributed by atoms with Crippen molar-refractivity contribution in [2.75, 3.05) is 0 Å². The summed E-state index contributed by atoms with van der Waals surface area (Å²) in [6.45, 7) is 3.45. The van der Waals surface area contributed by atoms with Crippen molar-refractivity contribution in [2.45, 2.75) is 20.0 Å². The molecule has 23 heavy (non-hydrogen) atoms. The maximum Gasteiger partial charge on any atom is 0.342 e. The summed E-state index contributed by atoms with van der Waals surface area (Å²) in [6.07, 6.45) is 0.778. The minimum absolute atomic E-state index is 0.258. The lowest BCUT2D eigenvalue weighted by molar-refractivity contribution is 0.0319. The quantitative estimate of drug-likeness (QED) is 0.746. The molecule has 1 aromatic carbocycles. The predicted octanol–water partition coefficient (Wildman–Crippen LogP) is 1.88. The Labute approximate surface area is 131 Å². The molecule has 0 spiro atoms. The summed E-state index contributed by atoms with van der Waals surface area (Å²) in [5.74, 6) is -0.192. The number of nitrogens with zero attached hydrogens (tertiary/aromatic N) is 3. The van der Waals surface area contributed by atoms with Crippen molar-refractivity contribution in [3.63, 3.8) is 0 Å². The number of nitrogens with one attached hydrogen (secondary N) is 1. The van der Waals surface area contributed by atoms with Crippen molar-refractivity contribution >= 4 is 16.9 Å². The van der Waals surface area contributed by atoms with Gasteiger partial charge in [0.05, 0.1) is 17.1 Å². The number of carbonyl (C=O) groups excluding carboxylic acids is 1. The number of aromatic amines is 1. The number of H-pyrrole nitrogens is 1. The fourth-order valence-electron chi connectivity index (χ4n) is 2.28. The maximum absolute atomic E-state index is 12.2. The second-order valence-corrected chi connectivity index (χ2v) is 5.28. The zero-order valence-electron chi connectivity index (χ0n) is 13.0. The minimum atomic E-state index is -0.681. The number of aryl methyl sites for hydroxylation is 1. The van der Waals surface area contributed by atoms with Crippen LogP contribution in [0.1, 0.15) is 34.9 Å². The van der Waals surface area contributed by atoms with Gasteiger partial charge in [0.2, 0.25) is 0 Å². The molecule has 2 aromatic heterocycles. The topological polar surface area (TPSA) is 89.9 Å². The van der Waals surface area contributed by atoms with Crippen LogP contribution in [0.3, 0.4) is 0 Å². The Morgan fingerprint density at radius 3 is 2.78 bits per heavy atom. The van der Waals surface area contributed by atoms with Gasteiger partial charge in [0.25, 0.3) is 5.56 Å². The Morgan fingerprint density at radius 2 is 2.09 bits per heavy atom. The van der Waals surface area contributed by atoms with Gasteiger partial charge in [-0.05, 0) is 26.0 Å². The molecule has 1 atom stereocenters. The SMILES string of the molecule is Cc1c(C(=O)O[C@@H](C)c2nc3ccccc3c(=O)[nH]2)cnn1C. The molecule has 7 nitrogen and oxygen atoms in total. The van der Waals surface area contributed by atoms with E-state index >= 15 is 0 Å². The number of esters is 1. The van der Waals surface area contributed by atoms with E-state index < -0.39 is 12.1 Å². The molecular formula is C16H16N4O3. The maximum atomic E-state index is 12.2. The van der Waals surface area contributed by atoms with Crippen LogP contribution in [0.25, 0.3) is 10.9 Å². The summed E-state index contributed by atoms with van der Waals surface area (Å²) in [4.78, 5) is 31.3. The largest absolute Gasteiger partial charge is 0.451 e. The highest BCUT2D eigenvalue weighted by Gasteiger charge is 2.20. The van der Waals surface area contributed by atoms with Crippen LogP contribution in [-0.2, 0) is 11.8 Å². The Balaban J connectivity index is 1.89. The fourth-order valence-corrected chi connectivity index (χ4v) is 2.28. The highest BCUT2D eigenvalue weighted by atomic mass is 16.5. The first-order valence-corrected chi connectivity index (χ1v) is 7.16. The molecule has 0 aliphatic rings. The Hall–Kier alpha value is -2.96. The van der Waals surface area contributed by atoms with Gasteiger partial charge < -0.3 is 9.72 Å². The van der Waals surface area contributed by atoms with Crippen LogP contribution in [0.2, 0.25) is 0 Å². The van der Waals surface area contributed by atoms with E-state index in [4.69, 9.17) is 4.74 Å². The van der Waals surface area contributed by atoms with Gasteiger partial charge in [0.1, 0.15) is 5.56 Å². The molecule has 3 rings (SSSR count). The number of para-hydroxylation sites is 1. The lowest BCUT2D eigenvalue weighted by atomic mass is 10.2. The molecule has 0 aliphatic heterocycles. The van der Waals surface area contributed by atoms with Crippen molar-refractivity contribution in [1.82, 2.24) is 19.7 Å². The Bertz CT molecular complexity index is 942. The number of carbonyl (C=O) groups is 1. The summed E-state index contributed by atoms with van der Waals surface area (Å²) < 4.78 is 6.99. The van der Waals surface area contributed by atoms with Crippen molar-refractivity contribution in [1.29, 1.82) is 0 Å². The van der Waals surface area contributed by atoms with Crippen molar-refractivity contribution in [3.05, 3.63) is 57.9 Å². The summed E-state index contributed by atoms with van der Waals surface area (Å²) in [5, 5.41) is 4.51. The molecule has 0 unspecified atom stereocenters. The van der Waals surface area contributed by atoms with E-state index in [1.165, 1.54) is 6.20 Å². The Kier molecular flexibility index (Phi) is 3.69. The van der Waals surface area contributed by atoms with Gasteiger partial charge in [0.15, 0.2) is 11.9 Å². The van der Waals surface area contributed by atoms with Crippen LogP contribution in [0.15, 0.2) is 35.3 Å². The average molecular weight is 312 g/mol. The fraction of sp³-hybridized carbons (Fsp3) is 0.250. The van der Waals surface area contributed by atoms with Crippen molar-refractivity contribution in [3.8, 4) is 0 Å². The molecule has 0 saturated heterocycles. The molecule has 0 fully saturated rings. The molecule has 118 valence electrons. The van der Waals surface area contributed by atoms with E-state index in [1.54, 1.807) is 49.8 Å². The van der Waals surface area contributed by atoms with E-state index in [0.717, 1.165) is 0 Å². The first kappa shape index (κ1) is 15.0. The normalized spacial score (nSPS) is 12.3. The van der Waals surface area contributed by atoms with Gasteiger partial charge in [-0.2, -0.15) is 5.10 Å². The molecule has 0 saturated carbocycles. The van der Waals surface area contributed by atoms with E-state index in [1.807, 2.05) is 0 Å². The zero-order valence-corrected chi connectivity index (χ0v) is 13.0. The molecule has 2 heterocycles. The highest BCUT2D eigenvalue weighted by molar-refractivity contribution is 5.90. The van der Waals surface area contributed by atoms with Crippen molar-refractivity contribution in [2.24, 2.45) is 7.05 Å². The van der Waals surface area contributed by atoms with Gasteiger partial charge in [-0.1, -0.05) is 12.1 Å². The van der Waals surface area contributed by atoms with Crippen LogP contribution in [-0.4, -0.2) is 25.7 Å². The number of rotatable bonds is 3. The van der Waals surface area contributed by atoms with E-state index in [2.05, 4.69) is 15.1 Å². The van der Waals surface area contributed by atoms with Gasteiger partial charge in [-0.25, -0.2) is 9.78 Å². The monoisotopic (exact) mass is 312 g/mol. The number of hydrogen-bond acceptors (Lipinski definition) is 5. The third-order valence-corrected chi connectivity index (χ3v) is 3.76. The molecule has 0 bridgehead atoms. The lowest BCUT2D eigenvalue weighted by Crippen LogP contribution is -2.17. The van der Waals surface area contributed by atoms with Crippen LogP contribution in [0, 0.1) is 6.92 Å². The summed E-state index contributed by atoms with van der Waals surface area (Å²) in [5.41, 5.74) is 1.41. The summed E-state index contributed by atoms with van der Waals surface area (Å²) in [7, 11) is 1.75. The molecule has 0 amide bonds. The van der Waals surface area contributed by atoms with Crippen LogP contribution < -0.4 is 5.56 Å². The molecular weight excluding hydrogens is 296 g/mol. The second kappa shape index (κ2) is 5.68. The van der Waals surface area contributed by atoms with Crippen LogP contribution >= 0.6 is 0 Å². The molecule has 1 N–H and O–H groups in total. The second-order valence-electron chi connectivity index (χ2n) is 5.28. The summed E-state index contributed by atoms with van der Waals surface area (Å²) >= 11 is 0. The number of hydrogen-bond donors (Lipinski definition) is 1. The Morgan fingerprint density at radius 1 is 1.35 bits per heavy atom. The zero-order chi connectivity index (χ0) is 16.6. The molecule has 0 aliphatic carbocycles. The van der Waals surface area contributed by atoms with Crippen LogP contribution in [0.5, 0.6) is 0 Å².